The van der Waals surface area contributed by atoms with Crippen LogP contribution < -0.4 is 0 Å². The number of rotatable bonds is 1. The SMILES string of the molecule is C[C@@H]1[C@H]2CC[C@H]3[C@H](CC[C@@]4(C)[C@@H]5C[C@](C)(CO)CC[C@]5(C)CC[C@]34C)[C@@]2(C)CC[C@@H]1O. The highest BCUT2D eigenvalue weighted by Gasteiger charge is 2.68. The van der Waals surface area contributed by atoms with Crippen molar-refractivity contribution < 1.29 is 10.2 Å². The first kappa shape index (κ1) is 22.7. The molecule has 2 heteroatoms. The minimum Gasteiger partial charge on any atom is -0.396 e. The summed E-state index contributed by atoms with van der Waals surface area (Å²) >= 11 is 0. The standard InChI is InChI=1S/C29H50O2/c1-19-20-7-8-22-21(27(20,4)11-10-23(19)31)9-12-29(6)24-17-25(2,18-30)13-14-26(24,3)15-16-28(22,29)5/h19-24,30-31H,7-18H2,1-6H3/t19-,20-,21+,22+,23+,24-,25-,26-,27+,28-,29+/m1/s1. The van der Waals surface area contributed by atoms with Gasteiger partial charge in [-0.1, -0.05) is 41.5 Å². The van der Waals surface area contributed by atoms with E-state index in [0.717, 1.165) is 24.2 Å². The van der Waals surface area contributed by atoms with Gasteiger partial charge in [0.1, 0.15) is 0 Å². The van der Waals surface area contributed by atoms with Crippen molar-refractivity contribution in [1.29, 1.82) is 0 Å². The minimum absolute atomic E-state index is 0.0761. The molecule has 0 aromatic rings. The molecule has 5 aliphatic rings. The van der Waals surface area contributed by atoms with Crippen LogP contribution in [0.25, 0.3) is 0 Å². The number of hydrogen-bond acceptors (Lipinski definition) is 2. The van der Waals surface area contributed by atoms with Gasteiger partial charge in [0.2, 0.25) is 0 Å². The third kappa shape index (κ3) is 2.88. The van der Waals surface area contributed by atoms with Crippen LogP contribution in [0, 0.1) is 56.7 Å². The Balaban J connectivity index is 1.50. The molecule has 0 spiro atoms. The van der Waals surface area contributed by atoms with Gasteiger partial charge in [-0.25, -0.2) is 0 Å². The van der Waals surface area contributed by atoms with Crippen LogP contribution in [0.5, 0.6) is 0 Å². The molecule has 5 fully saturated rings. The number of aliphatic hydroxyl groups is 2. The summed E-state index contributed by atoms with van der Waals surface area (Å²) in [5.41, 5.74) is 1.86. The molecule has 0 aromatic heterocycles. The van der Waals surface area contributed by atoms with Crippen molar-refractivity contribution in [3.8, 4) is 0 Å². The fraction of sp³-hybridized carbons (Fsp3) is 1.00. The predicted octanol–water partition coefficient (Wildman–Crippen LogP) is 6.83. The second-order valence-electron chi connectivity index (χ2n) is 14.6. The molecule has 0 unspecified atom stereocenters. The predicted molar refractivity (Wildman–Crippen MR) is 128 cm³/mol. The minimum atomic E-state index is -0.0761. The summed E-state index contributed by atoms with van der Waals surface area (Å²) in [6, 6.07) is 0. The van der Waals surface area contributed by atoms with Crippen molar-refractivity contribution in [2.45, 2.75) is 118 Å². The Kier molecular flexibility index (Phi) is 5.10. The van der Waals surface area contributed by atoms with Crippen LogP contribution in [-0.4, -0.2) is 22.9 Å². The van der Waals surface area contributed by atoms with Crippen LogP contribution in [0.1, 0.15) is 112 Å². The first-order chi connectivity index (χ1) is 14.4. The van der Waals surface area contributed by atoms with Crippen molar-refractivity contribution in [2.24, 2.45) is 56.7 Å². The van der Waals surface area contributed by atoms with Gasteiger partial charge in [0.05, 0.1) is 6.10 Å². The molecule has 0 bridgehead atoms. The Hall–Kier alpha value is -0.0800. The van der Waals surface area contributed by atoms with Gasteiger partial charge >= 0.3 is 0 Å². The Labute approximate surface area is 192 Å². The topological polar surface area (TPSA) is 40.5 Å². The van der Waals surface area contributed by atoms with Crippen LogP contribution >= 0.6 is 0 Å². The molecule has 2 N–H and O–H groups in total. The lowest BCUT2D eigenvalue weighted by atomic mass is 9.32. The Morgan fingerprint density at radius 1 is 0.710 bits per heavy atom. The average molecular weight is 431 g/mol. The zero-order chi connectivity index (χ0) is 22.4. The molecule has 5 aliphatic carbocycles. The van der Waals surface area contributed by atoms with Crippen LogP contribution in [0.15, 0.2) is 0 Å². The Morgan fingerprint density at radius 3 is 2.10 bits per heavy atom. The summed E-state index contributed by atoms with van der Waals surface area (Å²) in [7, 11) is 0. The van der Waals surface area contributed by atoms with Gasteiger partial charge in [-0.3, -0.25) is 0 Å². The molecular weight excluding hydrogens is 380 g/mol. The van der Waals surface area contributed by atoms with Gasteiger partial charge in [0, 0.05) is 6.61 Å². The average Bonchev–Trinajstić information content (AvgIpc) is 2.74. The summed E-state index contributed by atoms with van der Waals surface area (Å²) < 4.78 is 0. The first-order valence-electron chi connectivity index (χ1n) is 13.7. The van der Waals surface area contributed by atoms with E-state index in [0.29, 0.717) is 40.1 Å². The highest BCUT2D eigenvalue weighted by molar-refractivity contribution is 5.17. The van der Waals surface area contributed by atoms with Crippen molar-refractivity contribution >= 4 is 0 Å². The summed E-state index contributed by atoms with van der Waals surface area (Å²) in [6.45, 7) is 15.7. The van der Waals surface area contributed by atoms with Gasteiger partial charge in [0.25, 0.3) is 0 Å². The lowest BCUT2D eigenvalue weighted by molar-refractivity contribution is -0.241. The zero-order valence-corrected chi connectivity index (χ0v) is 21.3. The van der Waals surface area contributed by atoms with Gasteiger partial charge in [-0.2, -0.15) is 0 Å². The van der Waals surface area contributed by atoms with Crippen molar-refractivity contribution in [1.82, 2.24) is 0 Å². The summed E-state index contributed by atoms with van der Waals surface area (Å²) in [5, 5.41) is 20.9. The van der Waals surface area contributed by atoms with E-state index >= 15 is 0 Å². The Morgan fingerprint density at radius 2 is 1.39 bits per heavy atom. The molecule has 0 amide bonds. The van der Waals surface area contributed by atoms with E-state index in [1.807, 2.05) is 0 Å². The highest BCUT2D eigenvalue weighted by atomic mass is 16.3. The molecule has 31 heavy (non-hydrogen) atoms. The lowest BCUT2D eigenvalue weighted by Gasteiger charge is -2.73. The maximum Gasteiger partial charge on any atom is 0.0568 e. The fourth-order valence-electron chi connectivity index (χ4n) is 10.9. The van der Waals surface area contributed by atoms with Crippen LogP contribution in [0.2, 0.25) is 0 Å². The summed E-state index contributed by atoms with van der Waals surface area (Å²) in [4.78, 5) is 0. The van der Waals surface area contributed by atoms with Crippen LogP contribution in [0.4, 0.5) is 0 Å². The molecule has 0 heterocycles. The Bertz CT molecular complexity index is 720. The quantitative estimate of drug-likeness (QED) is 0.478. The molecule has 0 aromatic carbocycles. The molecule has 5 rings (SSSR count). The molecule has 0 radical (unpaired) electrons. The summed E-state index contributed by atoms with van der Waals surface area (Å²) in [6.07, 6.45) is 14.2. The smallest absolute Gasteiger partial charge is 0.0568 e. The molecule has 178 valence electrons. The second kappa shape index (κ2) is 6.97. The number of fused-ring (bicyclic) bond motifs is 7. The third-order valence-corrected chi connectivity index (χ3v) is 13.5. The zero-order valence-electron chi connectivity index (χ0n) is 21.3. The molecule has 0 aliphatic heterocycles. The monoisotopic (exact) mass is 430 g/mol. The van der Waals surface area contributed by atoms with E-state index in [4.69, 9.17) is 0 Å². The highest BCUT2D eigenvalue weighted by Crippen LogP contribution is 2.76. The van der Waals surface area contributed by atoms with Crippen molar-refractivity contribution in [3.63, 3.8) is 0 Å². The number of aliphatic hydroxyl groups excluding tert-OH is 2. The van der Waals surface area contributed by atoms with Gasteiger partial charge in [-0.05, 0) is 127 Å². The van der Waals surface area contributed by atoms with E-state index in [1.165, 1.54) is 64.2 Å². The van der Waals surface area contributed by atoms with Gasteiger partial charge in [0.15, 0.2) is 0 Å². The van der Waals surface area contributed by atoms with Crippen molar-refractivity contribution in [2.75, 3.05) is 6.61 Å². The molecule has 11 atom stereocenters. The largest absolute Gasteiger partial charge is 0.396 e. The number of hydrogen-bond donors (Lipinski definition) is 2. The van der Waals surface area contributed by atoms with E-state index in [-0.39, 0.29) is 11.5 Å². The first-order valence-corrected chi connectivity index (χ1v) is 13.7. The van der Waals surface area contributed by atoms with Crippen LogP contribution in [-0.2, 0) is 0 Å². The van der Waals surface area contributed by atoms with Crippen molar-refractivity contribution in [3.05, 3.63) is 0 Å². The van der Waals surface area contributed by atoms with E-state index in [1.54, 1.807) is 0 Å². The maximum absolute atomic E-state index is 10.6. The molecule has 2 nitrogen and oxygen atoms in total. The van der Waals surface area contributed by atoms with E-state index in [2.05, 4.69) is 41.5 Å². The fourth-order valence-corrected chi connectivity index (χ4v) is 10.9. The molecule has 0 saturated heterocycles. The van der Waals surface area contributed by atoms with E-state index in [9.17, 15) is 10.2 Å². The van der Waals surface area contributed by atoms with Gasteiger partial charge < -0.3 is 10.2 Å². The van der Waals surface area contributed by atoms with E-state index < -0.39 is 0 Å². The molecule has 5 saturated carbocycles. The van der Waals surface area contributed by atoms with Gasteiger partial charge in [-0.15, -0.1) is 0 Å². The van der Waals surface area contributed by atoms with Crippen LogP contribution in [0.3, 0.4) is 0 Å². The normalized spacial score (nSPS) is 61.5. The third-order valence-electron chi connectivity index (χ3n) is 13.5. The second-order valence-corrected chi connectivity index (χ2v) is 14.6. The summed E-state index contributed by atoms with van der Waals surface area (Å²) in [5.74, 6) is 3.63. The molecular formula is C29H50O2. The lowest BCUT2D eigenvalue weighted by Crippen LogP contribution is -2.65. The maximum atomic E-state index is 10.6.